The topological polar surface area (TPSA) is 68.9 Å². The van der Waals surface area contributed by atoms with Crippen LogP contribution in [-0.2, 0) is 12.6 Å². The molecule has 12 heteroatoms. The highest BCUT2D eigenvalue weighted by Crippen LogP contribution is 2.33. The maximum absolute atomic E-state index is 13.6. The largest absolute Gasteiger partial charge is 0.416 e. The lowest BCUT2D eigenvalue weighted by Crippen LogP contribution is -2.41. The van der Waals surface area contributed by atoms with Gasteiger partial charge in [-0.3, -0.25) is 4.90 Å². The van der Waals surface area contributed by atoms with E-state index in [2.05, 4.69) is 27.5 Å². The van der Waals surface area contributed by atoms with Crippen molar-refractivity contribution in [1.29, 1.82) is 0 Å². The molecular weight excluding hydrogens is 534 g/mol. The number of hydrogen-bond acceptors (Lipinski definition) is 6. The molecule has 0 saturated carbocycles. The monoisotopic (exact) mass is 566 g/mol. The Morgan fingerprint density at radius 3 is 2.48 bits per heavy atom. The van der Waals surface area contributed by atoms with Crippen LogP contribution in [0.2, 0.25) is 0 Å². The van der Waals surface area contributed by atoms with E-state index in [1.54, 1.807) is 18.2 Å². The van der Waals surface area contributed by atoms with Crippen LogP contribution in [0.15, 0.2) is 71.4 Å². The van der Waals surface area contributed by atoms with Crippen LogP contribution in [0.4, 0.5) is 37.7 Å². The van der Waals surface area contributed by atoms with Crippen molar-refractivity contribution in [2.45, 2.75) is 31.4 Å². The molecule has 0 bridgehead atoms. The van der Waals surface area contributed by atoms with E-state index >= 15 is 0 Å². The van der Waals surface area contributed by atoms with Crippen molar-refractivity contribution < 1.29 is 26.3 Å². The first-order valence-electron chi connectivity index (χ1n) is 12.9. The van der Waals surface area contributed by atoms with E-state index in [9.17, 15) is 26.3 Å². The molecule has 4 N–H and O–H groups in total. The van der Waals surface area contributed by atoms with Gasteiger partial charge in [0, 0.05) is 48.6 Å². The van der Waals surface area contributed by atoms with Crippen molar-refractivity contribution in [3.63, 3.8) is 0 Å². The molecule has 2 heterocycles. The zero-order valence-electron chi connectivity index (χ0n) is 22.0. The van der Waals surface area contributed by atoms with E-state index in [1.165, 1.54) is 12.1 Å². The molecule has 2 aliphatic rings. The van der Waals surface area contributed by atoms with E-state index in [1.807, 2.05) is 0 Å². The molecule has 2 aromatic rings. The number of nitrogens with one attached hydrogen (secondary N) is 2. The standard InChI is InChI=1S/C28H32F6N6/c1-39-12-3-13-40(15-14-39)18-25-37-24-17-19(16-21(4-2-11-35)28(32,33)34)5-10-23(24)26(38-25)36-22-8-6-20(7-9-22)27(29,30)31/h2,4-11,17,25,37H,3,12-16,18,35H2,1H3,(H,36,38)/b11-2-,21-4+. The second kappa shape index (κ2) is 12.3. The van der Waals surface area contributed by atoms with Crippen molar-refractivity contribution >= 4 is 17.2 Å². The lowest BCUT2D eigenvalue weighted by Gasteiger charge is -2.30. The van der Waals surface area contributed by atoms with Gasteiger partial charge >= 0.3 is 12.4 Å². The van der Waals surface area contributed by atoms with E-state index in [4.69, 9.17) is 10.7 Å². The molecule has 216 valence electrons. The zero-order valence-corrected chi connectivity index (χ0v) is 22.0. The Morgan fingerprint density at radius 1 is 1.05 bits per heavy atom. The van der Waals surface area contributed by atoms with Crippen LogP contribution in [0.25, 0.3) is 0 Å². The number of alkyl halides is 6. The lowest BCUT2D eigenvalue weighted by molar-refractivity contribution is -0.137. The van der Waals surface area contributed by atoms with Crippen molar-refractivity contribution in [2.75, 3.05) is 50.4 Å². The molecule has 0 amide bonds. The van der Waals surface area contributed by atoms with Crippen LogP contribution in [0.5, 0.6) is 0 Å². The fraction of sp³-hybridized carbons (Fsp3) is 0.393. The SMILES string of the molecule is CN1CCCN(CC2N=C(Nc3ccc(C(F)(F)F)cc3)c3ccc(C/C(=C\C=C/N)C(F)(F)F)cc3N2)CC1. The highest BCUT2D eigenvalue weighted by atomic mass is 19.4. The number of allylic oxidation sites excluding steroid dienone is 3. The first kappa shape index (κ1) is 29.5. The van der Waals surface area contributed by atoms with Crippen LogP contribution in [0, 0.1) is 0 Å². The predicted molar refractivity (Wildman–Crippen MR) is 145 cm³/mol. The average molecular weight is 567 g/mol. The van der Waals surface area contributed by atoms with Crippen molar-refractivity contribution in [1.82, 2.24) is 9.80 Å². The number of halogens is 6. The highest BCUT2D eigenvalue weighted by Gasteiger charge is 2.33. The number of hydrogen-bond donors (Lipinski definition) is 3. The third-order valence-corrected chi connectivity index (χ3v) is 6.83. The van der Waals surface area contributed by atoms with Crippen LogP contribution < -0.4 is 16.4 Å². The van der Waals surface area contributed by atoms with Crippen molar-refractivity contribution in [2.24, 2.45) is 10.7 Å². The minimum Gasteiger partial charge on any atom is -0.405 e. The number of anilines is 2. The van der Waals surface area contributed by atoms with Gasteiger partial charge in [0.25, 0.3) is 0 Å². The van der Waals surface area contributed by atoms with Gasteiger partial charge in [-0.25, -0.2) is 4.99 Å². The number of benzene rings is 2. The molecule has 1 fully saturated rings. The normalized spacial score (nSPS) is 19.6. The number of nitrogens with zero attached hydrogens (tertiary/aromatic N) is 3. The van der Waals surface area contributed by atoms with Crippen LogP contribution >= 0.6 is 0 Å². The summed E-state index contributed by atoms with van der Waals surface area (Å²) in [6.45, 7) is 4.16. The second-order valence-electron chi connectivity index (χ2n) is 9.93. The molecule has 6 nitrogen and oxygen atoms in total. The van der Waals surface area contributed by atoms with E-state index in [0.29, 0.717) is 34.9 Å². The molecular formula is C28H32F6N6. The van der Waals surface area contributed by atoms with Crippen LogP contribution in [-0.4, -0.2) is 67.7 Å². The molecule has 2 aromatic carbocycles. The summed E-state index contributed by atoms with van der Waals surface area (Å²) in [6.07, 6.45) is -5.62. The summed E-state index contributed by atoms with van der Waals surface area (Å²) in [5.74, 6) is 0.426. The van der Waals surface area contributed by atoms with Gasteiger partial charge in [0.15, 0.2) is 0 Å². The van der Waals surface area contributed by atoms with Gasteiger partial charge in [0.2, 0.25) is 0 Å². The van der Waals surface area contributed by atoms with Crippen LogP contribution in [0.3, 0.4) is 0 Å². The maximum atomic E-state index is 13.6. The minimum atomic E-state index is -4.53. The summed E-state index contributed by atoms with van der Waals surface area (Å²) >= 11 is 0. The fourth-order valence-corrected chi connectivity index (χ4v) is 4.70. The van der Waals surface area contributed by atoms with Crippen LogP contribution in [0.1, 0.15) is 23.1 Å². The van der Waals surface area contributed by atoms with Gasteiger partial charge < -0.3 is 21.3 Å². The van der Waals surface area contributed by atoms with Gasteiger partial charge in [-0.2, -0.15) is 26.3 Å². The fourth-order valence-electron chi connectivity index (χ4n) is 4.70. The molecule has 2 aliphatic heterocycles. The Kier molecular flexibility index (Phi) is 9.09. The Morgan fingerprint density at radius 2 is 1.80 bits per heavy atom. The minimum absolute atomic E-state index is 0.356. The number of amidine groups is 1. The molecule has 0 radical (unpaired) electrons. The first-order valence-corrected chi connectivity index (χ1v) is 12.9. The highest BCUT2D eigenvalue weighted by molar-refractivity contribution is 6.12. The molecule has 0 spiro atoms. The molecule has 1 unspecified atom stereocenters. The summed E-state index contributed by atoms with van der Waals surface area (Å²) in [4.78, 5) is 9.34. The van der Waals surface area contributed by atoms with Gasteiger partial charge in [0.05, 0.1) is 5.56 Å². The summed E-state index contributed by atoms with van der Waals surface area (Å²) in [6, 6.07) is 9.53. The Hall–Kier alpha value is -3.51. The summed E-state index contributed by atoms with van der Waals surface area (Å²) in [5, 5.41) is 6.47. The summed E-state index contributed by atoms with van der Waals surface area (Å²) in [5.41, 5.74) is 5.77. The smallest absolute Gasteiger partial charge is 0.405 e. The Balaban J connectivity index is 1.62. The lowest BCUT2D eigenvalue weighted by atomic mass is 9.99. The average Bonchev–Trinajstić information content (AvgIpc) is 3.09. The maximum Gasteiger partial charge on any atom is 0.416 e. The second-order valence-corrected chi connectivity index (χ2v) is 9.93. The number of aliphatic imine (C=N–C) groups is 1. The summed E-state index contributed by atoms with van der Waals surface area (Å²) < 4.78 is 79.9. The predicted octanol–water partition coefficient (Wildman–Crippen LogP) is 5.46. The number of fused-ring (bicyclic) bond motifs is 1. The van der Waals surface area contributed by atoms with Crippen molar-refractivity contribution in [3.05, 3.63) is 83.1 Å². The van der Waals surface area contributed by atoms with E-state index < -0.39 is 29.7 Å². The Bertz CT molecular complexity index is 1250. The van der Waals surface area contributed by atoms with Gasteiger partial charge in [-0.05, 0) is 80.8 Å². The zero-order chi connectivity index (χ0) is 28.9. The van der Waals surface area contributed by atoms with Gasteiger partial charge in [-0.15, -0.1) is 0 Å². The third kappa shape index (κ3) is 7.79. The number of rotatable bonds is 6. The first-order chi connectivity index (χ1) is 18.9. The molecule has 4 rings (SSSR count). The molecule has 1 atom stereocenters. The van der Waals surface area contributed by atoms with E-state index in [-0.39, 0.29) is 6.42 Å². The van der Waals surface area contributed by atoms with Gasteiger partial charge in [0.1, 0.15) is 12.0 Å². The number of likely N-dealkylation sites (N-methyl/N-ethyl adjacent to an activating group) is 1. The molecule has 0 aliphatic carbocycles. The van der Waals surface area contributed by atoms with Gasteiger partial charge in [-0.1, -0.05) is 12.1 Å². The Labute approximate surface area is 229 Å². The van der Waals surface area contributed by atoms with E-state index in [0.717, 1.165) is 63.1 Å². The summed E-state index contributed by atoms with van der Waals surface area (Å²) in [7, 11) is 2.07. The third-order valence-electron chi connectivity index (χ3n) is 6.83. The van der Waals surface area contributed by atoms with Crippen molar-refractivity contribution in [3.8, 4) is 0 Å². The number of nitrogens with two attached hydrogens (primary N) is 1. The quantitative estimate of drug-likeness (QED) is 0.320. The molecule has 40 heavy (non-hydrogen) atoms. The molecule has 1 saturated heterocycles. The molecule has 0 aromatic heterocycles.